The molecule has 3 aromatic rings. The molecular weight excluding hydrogens is 288 g/mol. The standard InChI is InChI=1S/C17H22N6/c1-10-5-11(7-12(18)6-10)8-13-14-15(19)20-9-21-16(14)23(22-13)17(2,3)4/h5-7,9H,8,18H2,1-4H3,(H2,19,20,21). The molecule has 0 aliphatic carbocycles. The lowest BCUT2D eigenvalue weighted by molar-refractivity contribution is 0.363. The third kappa shape index (κ3) is 2.84. The van der Waals surface area contributed by atoms with Gasteiger partial charge in [-0.2, -0.15) is 5.10 Å². The molecule has 0 fully saturated rings. The topological polar surface area (TPSA) is 95.6 Å². The molecule has 0 aliphatic rings. The van der Waals surface area contributed by atoms with E-state index in [9.17, 15) is 0 Å². The van der Waals surface area contributed by atoms with Crippen molar-refractivity contribution >= 4 is 22.5 Å². The Kier molecular flexibility index (Phi) is 3.47. The summed E-state index contributed by atoms with van der Waals surface area (Å²) in [7, 11) is 0. The number of anilines is 2. The lowest BCUT2D eigenvalue weighted by atomic mass is 10.0. The Hall–Kier alpha value is -2.63. The predicted molar refractivity (Wildman–Crippen MR) is 93.1 cm³/mol. The van der Waals surface area contributed by atoms with Crippen LogP contribution in [0.25, 0.3) is 11.0 Å². The van der Waals surface area contributed by atoms with Crippen molar-refractivity contribution in [1.29, 1.82) is 0 Å². The number of rotatable bonds is 2. The molecule has 0 unspecified atom stereocenters. The molecule has 0 amide bonds. The average molecular weight is 310 g/mol. The highest BCUT2D eigenvalue weighted by Gasteiger charge is 2.23. The number of hydrogen-bond acceptors (Lipinski definition) is 5. The minimum absolute atomic E-state index is 0.192. The average Bonchev–Trinajstić information content (AvgIpc) is 2.77. The Morgan fingerprint density at radius 2 is 1.83 bits per heavy atom. The summed E-state index contributed by atoms with van der Waals surface area (Å²) in [5.41, 5.74) is 16.5. The highest BCUT2D eigenvalue weighted by molar-refractivity contribution is 5.88. The van der Waals surface area contributed by atoms with Crippen LogP contribution < -0.4 is 11.5 Å². The van der Waals surface area contributed by atoms with Crippen LogP contribution in [0.15, 0.2) is 24.5 Å². The second-order valence-electron chi connectivity index (χ2n) is 6.92. The summed E-state index contributed by atoms with van der Waals surface area (Å²) in [6.07, 6.45) is 2.12. The lowest BCUT2D eigenvalue weighted by Crippen LogP contribution is -2.23. The van der Waals surface area contributed by atoms with Crippen LogP contribution in [0, 0.1) is 6.92 Å². The van der Waals surface area contributed by atoms with Crippen molar-refractivity contribution in [3.8, 4) is 0 Å². The van der Waals surface area contributed by atoms with E-state index in [0.29, 0.717) is 12.2 Å². The van der Waals surface area contributed by atoms with Gasteiger partial charge in [-0.05, 0) is 51.0 Å². The van der Waals surface area contributed by atoms with Crippen molar-refractivity contribution in [3.63, 3.8) is 0 Å². The molecule has 4 N–H and O–H groups in total. The van der Waals surface area contributed by atoms with E-state index in [1.165, 1.54) is 6.33 Å². The van der Waals surface area contributed by atoms with E-state index in [1.54, 1.807) is 0 Å². The Bertz CT molecular complexity index is 852. The first kappa shape index (κ1) is 15.3. The molecule has 6 nitrogen and oxygen atoms in total. The molecule has 0 saturated carbocycles. The molecular formula is C17H22N6. The van der Waals surface area contributed by atoms with Gasteiger partial charge in [0, 0.05) is 12.1 Å². The van der Waals surface area contributed by atoms with E-state index in [4.69, 9.17) is 16.6 Å². The van der Waals surface area contributed by atoms with Crippen LogP contribution in [0.5, 0.6) is 0 Å². The highest BCUT2D eigenvalue weighted by atomic mass is 15.3. The Morgan fingerprint density at radius 3 is 2.48 bits per heavy atom. The summed E-state index contributed by atoms with van der Waals surface area (Å²) in [6, 6.07) is 6.03. The zero-order valence-corrected chi connectivity index (χ0v) is 14.0. The van der Waals surface area contributed by atoms with Crippen molar-refractivity contribution in [2.24, 2.45) is 0 Å². The molecule has 1 aromatic carbocycles. The monoisotopic (exact) mass is 310 g/mol. The van der Waals surface area contributed by atoms with Gasteiger partial charge in [-0.1, -0.05) is 6.07 Å². The predicted octanol–water partition coefficient (Wildman–Crippen LogP) is 2.64. The van der Waals surface area contributed by atoms with E-state index in [0.717, 1.165) is 33.5 Å². The number of fused-ring (bicyclic) bond motifs is 1. The minimum atomic E-state index is -0.192. The Morgan fingerprint density at radius 1 is 1.09 bits per heavy atom. The van der Waals surface area contributed by atoms with E-state index in [2.05, 4.69) is 36.8 Å². The van der Waals surface area contributed by atoms with E-state index in [-0.39, 0.29) is 5.54 Å². The van der Waals surface area contributed by atoms with E-state index >= 15 is 0 Å². The maximum Gasteiger partial charge on any atom is 0.164 e. The van der Waals surface area contributed by atoms with Crippen molar-refractivity contribution in [2.75, 3.05) is 11.5 Å². The second kappa shape index (κ2) is 5.22. The Labute approximate surface area is 135 Å². The summed E-state index contributed by atoms with van der Waals surface area (Å²) in [5.74, 6) is 0.459. The first-order chi connectivity index (χ1) is 10.8. The number of nitrogen functional groups attached to an aromatic ring is 2. The molecule has 120 valence electrons. The first-order valence-corrected chi connectivity index (χ1v) is 7.60. The maximum atomic E-state index is 6.10. The molecule has 0 bridgehead atoms. The molecule has 2 aromatic heterocycles. The number of nitrogens with zero attached hydrogens (tertiary/aromatic N) is 4. The van der Waals surface area contributed by atoms with Crippen molar-refractivity contribution < 1.29 is 0 Å². The summed E-state index contributed by atoms with van der Waals surface area (Å²) < 4.78 is 1.91. The van der Waals surface area contributed by atoms with Crippen LogP contribution in [0.1, 0.15) is 37.6 Å². The molecule has 6 heteroatoms. The summed E-state index contributed by atoms with van der Waals surface area (Å²) >= 11 is 0. The van der Waals surface area contributed by atoms with E-state index in [1.807, 2.05) is 23.7 Å². The van der Waals surface area contributed by atoms with Crippen LogP contribution in [0.4, 0.5) is 11.5 Å². The van der Waals surface area contributed by atoms with Crippen LogP contribution in [0.3, 0.4) is 0 Å². The fraction of sp³-hybridized carbons (Fsp3) is 0.353. The third-order valence-corrected chi connectivity index (χ3v) is 3.73. The molecule has 0 aliphatic heterocycles. The quantitative estimate of drug-likeness (QED) is 0.709. The zero-order valence-electron chi connectivity index (χ0n) is 14.0. The van der Waals surface area contributed by atoms with Gasteiger partial charge in [-0.15, -0.1) is 0 Å². The van der Waals surface area contributed by atoms with Gasteiger partial charge in [0.05, 0.1) is 16.6 Å². The Balaban J connectivity index is 2.17. The molecule has 3 rings (SSSR count). The molecule has 0 saturated heterocycles. The maximum absolute atomic E-state index is 6.10. The van der Waals surface area contributed by atoms with Crippen LogP contribution in [-0.4, -0.2) is 19.7 Å². The largest absolute Gasteiger partial charge is 0.399 e. The van der Waals surface area contributed by atoms with Crippen molar-refractivity contribution in [3.05, 3.63) is 41.3 Å². The number of benzene rings is 1. The van der Waals surface area contributed by atoms with Gasteiger partial charge >= 0.3 is 0 Å². The number of aryl methyl sites for hydroxylation is 1. The second-order valence-corrected chi connectivity index (χ2v) is 6.92. The fourth-order valence-electron chi connectivity index (χ4n) is 2.83. The number of nitrogens with two attached hydrogens (primary N) is 2. The molecule has 0 radical (unpaired) electrons. The molecule has 0 spiro atoms. The molecule has 2 heterocycles. The first-order valence-electron chi connectivity index (χ1n) is 7.60. The fourth-order valence-corrected chi connectivity index (χ4v) is 2.83. The van der Waals surface area contributed by atoms with Gasteiger partial charge in [0.15, 0.2) is 5.65 Å². The van der Waals surface area contributed by atoms with E-state index < -0.39 is 0 Å². The third-order valence-electron chi connectivity index (χ3n) is 3.73. The van der Waals surface area contributed by atoms with Crippen molar-refractivity contribution in [2.45, 2.75) is 39.7 Å². The van der Waals surface area contributed by atoms with Gasteiger partial charge in [0.1, 0.15) is 12.1 Å². The van der Waals surface area contributed by atoms with Crippen LogP contribution >= 0.6 is 0 Å². The molecule has 23 heavy (non-hydrogen) atoms. The van der Waals surface area contributed by atoms with Gasteiger partial charge in [-0.25, -0.2) is 14.6 Å². The number of aromatic nitrogens is 4. The van der Waals surface area contributed by atoms with Gasteiger partial charge < -0.3 is 11.5 Å². The highest BCUT2D eigenvalue weighted by Crippen LogP contribution is 2.28. The summed E-state index contributed by atoms with van der Waals surface area (Å²) in [6.45, 7) is 8.30. The summed E-state index contributed by atoms with van der Waals surface area (Å²) in [4.78, 5) is 8.52. The smallest absolute Gasteiger partial charge is 0.164 e. The minimum Gasteiger partial charge on any atom is -0.399 e. The summed E-state index contributed by atoms with van der Waals surface area (Å²) in [5, 5.41) is 5.59. The SMILES string of the molecule is Cc1cc(N)cc(Cc2nn(C(C)(C)C)c3ncnc(N)c23)c1. The van der Waals surface area contributed by atoms with Crippen molar-refractivity contribution in [1.82, 2.24) is 19.7 Å². The number of hydrogen-bond donors (Lipinski definition) is 2. The van der Waals surface area contributed by atoms with Gasteiger partial charge in [-0.3, -0.25) is 0 Å². The lowest BCUT2D eigenvalue weighted by Gasteiger charge is -2.19. The normalized spacial score (nSPS) is 12.0. The van der Waals surface area contributed by atoms with Crippen LogP contribution in [-0.2, 0) is 12.0 Å². The molecule has 0 atom stereocenters. The van der Waals surface area contributed by atoms with Crippen LogP contribution in [0.2, 0.25) is 0 Å². The zero-order chi connectivity index (χ0) is 16.8. The van der Waals surface area contributed by atoms with Gasteiger partial charge in [0.25, 0.3) is 0 Å². The van der Waals surface area contributed by atoms with Gasteiger partial charge in [0.2, 0.25) is 0 Å².